The average Bonchev–Trinajstić information content (AvgIpc) is 2.91. The van der Waals surface area contributed by atoms with Crippen LogP contribution >= 0.6 is 0 Å². The molecular formula is C33H49N2O10+. The number of esters is 3. The van der Waals surface area contributed by atoms with Gasteiger partial charge in [-0.05, 0) is 82.1 Å². The maximum Gasteiger partial charge on any atom is 0.367 e. The lowest BCUT2D eigenvalue weighted by molar-refractivity contribution is -0.862. The first-order valence-electron chi connectivity index (χ1n) is 15.2. The maximum atomic E-state index is 13.2. The number of likely N-dealkylation sites (N-methyl/N-ethyl adjacent to an activating group) is 1. The Morgan fingerprint density at radius 1 is 1.07 bits per heavy atom. The van der Waals surface area contributed by atoms with E-state index in [0.717, 1.165) is 11.1 Å². The number of phenols is 1. The number of carbonyl (C=O) groups excluding carboxylic acids is 3. The number of carbonyl (C=O) groups is 3. The Morgan fingerprint density at radius 2 is 1.71 bits per heavy atom. The van der Waals surface area contributed by atoms with Crippen LogP contribution in [0.25, 0.3) is 0 Å². The molecule has 1 aliphatic carbocycles. The highest BCUT2D eigenvalue weighted by Gasteiger charge is 2.37. The van der Waals surface area contributed by atoms with Crippen molar-refractivity contribution in [2.24, 2.45) is 5.92 Å². The third kappa shape index (κ3) is 11.8. The highest BCUT2D eigenvalue weighted by atomic mass is 16.9. The molecule has 0 saturated carbocycles. The summed E-state index contributed by atoms with van der Waals surface area (Å²) in [6.45, 7) is 11.1. The number of unbranched alkanes of at least 4 members (excludes halogenated alkanes) is 3. The summed E-state index contributed by atoms with van der Waals surface area (Å²) in [7, 11) is 5.58. The number of benzene rings is 1. The molecule has 2 atom stereocenters. The lowest BCUT2D eigenvalue weighted by Gasteiger charge is -2.33. The standard InChI is InChI=1S/C33H48N2O10/c1-22(2)26-14-13-24(21-43-23(3)36)17-27(26)31-28(37)18-25(19-29(31)45-30(38)20-35(6,7)8)33(4,5)32(39)42-15-11-9-10-12-16-44-34(40)41/h17-19,26-27H,1,9-16,20-21H2,2-8H3/p+1/t26-,27+/m1/s1. The first-order chi connectivity index (χ1) is 20.9. The molecule has 0 radical (unpaired) electrons. The summed E-state index contributed by atoms with van der Waals surface area (Å²) in [5, 5.41) is 20.9. The maximum absolute atomic E-state index is 13.2. The van der Waals surface area contributed by atoms with E-state index in [9.17, 15) is 29.6 Å². The molecule has 0 fully saturated rings. The second-order valence-electron chi connectivity index (χ2n) is 13.2. The van der Waals surface area contributed by atoms with Crippen molar-refractivity contribution in [3.05, 3.63) is 57.2 Å². The van der Waals surface area contributed by atoms with Crippen LogP contribution in [0.15, 0.2) is 35.9 Å². The van der Waals surface area contributed by atoms with E-state index in [4.69, 9.17) is 14.2 Å². The highest BCUT2D eigenvalue weighted by Crippen LogP contribution is 2.48. The van der Waals surface area contributed by atoms with Gasteiger partial charge in [-0.1, -0.05) is 24.6 Å². The quantitative estimate of drug-likeness (QED) is 0.0464. The van der Waals surface area contributed by atoms with Crippen molar-refractivity contribution in [2.75, 3.05) is 47.5 Å². The number of phenolic OH excluding ortho intramolecular Hbond substituents is 1. The van der Waals surface area contributed by atoms with Crippen molar-refractivity contribution in [2.45, 2.75) is 77.6 Å². The van der Waals surface area contributed by atoms with Crippen LogP contribution in [-0.2, 0) is 34.1 Å². The van der Waals surface area contributed by atoms with Gasteiger partial charge in [0.1, 0.15) is 18.1 Å². The zero-order valence-electron chi connectivity index (χ0n) is 27.7. The lowest BCUT2D eigenvalue weighted by atomic mass is 9.73. The zero-order chi connectivity index (χ0) is 33.9. The molecule has 0 bridgehead atoms. The van der Waals surface area contributed by atoms with Crippen LogP contribution in [0.5, 0.6) is 11.5 Å². The molecule has 1 aliphatic rings. The molecule has 0 saturated heterocycles. The fraction of sp³-hybridized carbons (Fsp3) is 0.606. The van der Waals surface area contributed by atoms with E-state index in [-0.39, 0.29) is 43.8 Å². The molecule has 12 heteroatoms. The monoisotopic (exact) mass is 633 g/mol. The van der Waals surface area contributed by atoms with Gasteiger partial charge in [0.15, 0.2) is 6.54 Å². The van der Waals surface area contributed by atoms with Crippen LogP contribution in [0.4, 0.5) is 0 Å². The van der Waals surface area contributed by atoms with Crippen LogP contribution < -0.4 is 4.74 Å². The molecule has 45 heavy (non-hydrogen) atoms. The molecule has 1 aromatic carbocycles. The van der Waals surface area contributed by atoms with Crippen LogP contribution in [0, 0.1) is 16.0 Å². The summed E-state index contributed by atoms with van der Waals surface area (Å²) in [4.78, 5) is 52.3. The third-order valence-corrected chi connectivity index (χ3v) is 7.70. The van der Waals surface area contributed by atoms with E-state index in [2.05, 4.69) is 11.4 Å². The van der Waals surface area contributed by atoms with Gasteiger partial charge in [0.05, 0.1) is 39.8 Å². The van der Waals surface area contributed by atoms with E-state index in [0.29, 0.717) is 54.1 Å². The number of hydrogen-bond acceptors (Lipinski definition) is 10. The first-order valence-corrected chi connectivity index (χ1v) is 15.2. The number of aromatic hydroxyl groups is 1. The van der Waals surface area contributed by atoms with Crippen LogP contribution in [0.2, 0.25) is 0 Å². The Kier molecular flexibility index (Phi) is 13.6. The van der Waals surface area contributed by atoms with Crippen LogP contribution in [-0.4, -0.2) is 80.1 Å². The van der Waals surface area contributed by atoms with Crippen molar-refractivity contribution >= 4 is 17.9 Å². The predicted molar refractivity (Wildman–Crippen MR) is 167 cm³/mol. The van der Waals surface area contributed by atoms with Crippen molar-refractivity contribution in [1.29, 1.82) is 0 Å². The van der Waals surface area contributed by atoms with Gasteiger partial charge in [-0.25, -0.2) is 4.79 Å². The second kappa shape index (κ2) is 16.4. The van der Waals surface area contributed by atoms with Crippen LogP contribution in [0.3, 0.4) is 0 Å². The molecule has 12 nitrogen and oxygen atoms in total. The molecule has 2 rings (SSSR count). The molecule has 0 amide bonds. The summed E-state index contributed by atoms with van der Waals surface area (Å²) >= 11 is 0. The van der Waals surface area contributed by atoms with Gasteiger partial charge in [0, 0.05) is 18.4 Å². The molecular weight excluding hydrogens is 584 g/mol. The van der Waals surface area contributed by atoms with Gasteiger partial charge in [-0.2, -0.15) is 0 Å². The number of nitrogens with zero attached hydrogens (tertiary/aromatic N) is 2. The van der Waals surface area contributed by atoms with Gasteiger partial charge in [0.25, 0.3) is 5.09 Å². The molecule has 0 aromatic heterocycles. The number of rotatable bonds is 17. The zero-order valence-corrected chi connectivity index (χ0v) is 27.7. The summed E-state index contributed by atoms with van der Waals surface area (Å²) in [5.74, 6) is -1.92. The summed E-state index contributed by atoms with van der Waals surface area (Å²) in [6.07, 6.45) is 5.81. The largest absolute Gasteiger partial charge is 0.507 e. The first kappa shape index (κ1) is 37.3. The van der Waals surface area contributed by atoms with Crippen molar-refractivity contribution in [3.63, 3.8) is 0 Å². The Hall–Kier alpha value is -3.93. The fourth-order valence-corrected chi connectivity index (χ4v) is 5.22. The Labute approximate surface area is 265 Å². The molecule has 1 N–H and O–H groups in total. The van der Waals surface area contributed by atoms with Gasteiger partial charge < -0.3 is 28.6 Å². The minimum atomic E-state index is -1.20. The smallest absolute Gasteiger partial charge is 0.367 e. The summed E-state index contributed by atoms with van der Waals surface area (Å²) in [5.41, 5.74) is 1.38. The molecule has 250 valence electrons. The van der Waals surface area contributed by atoms with E-state index in [1.54, 1.807) is 19.9 Å². The topological polar surface area (TPSA) is 152 Å². The van der Waals surface area contributed by atoms with Gasteiger partial charge in [-0.3, -0.25) is 9.59 Å². The van der Waals surface area contributed by atoms with E-state index in [1.807, 2.05) is 34.1 Å². The fourth-order valence-electron chi connectivity index (χ4n) is 5.22. The van der Waals surface area contributed by atoms with Gasteiger partial charge in [0.2, 0.25) is 0 Å². The van der Waals surface area contributed by atoms with Crippen molar-refractivity contribution in [1.82, 2.24) is 0 Å². The lowest BCUT2D eigenvalue weighted by Crippen LogP contribution is -2.41. The third-order valence-electron chi connectivity index (χ3n) is 7.70. The van der Waals surface area contributed by atoms with Crippen molar-refractivity contribution < 1.29 is 48.1 Å². The van der Waals surface area contributed by atoms with Crippen LogP contribution in [0.1, 0.15) is 83.3 Å². The van der Waals surface area contributed by atoms with E-state index >= 15 is 0 Å². The number of hydrogen-bond donors (Lipinski definition) is 1. The van der Waals surface area contributed by atoms with Gasteiger partial charge >= 0.3 is 17.9 Å². The Morgan fingerprint density at radius 3 is 2.29 bits per heavy atom. The van der Waals surface area contributed by atoms with Gasteiger partial charge in [-0.15, -0.1) is 10.1 Å². The predicted octanol–water partition coefficient (Wildman–Crippen LogP) is 5.15. The van der Waals surface area contributed by atoms with E-state index in [1.165, 1.54) is 13.0 Å². The molecule has 0 spiro atoms. The van der Waals surface area contributed by atoms with Crippen molar-refractivity contribution in [3.8, 4) is 11.5 Å². The number of allylic oxidation sites excluding steroid dienone is 2. The minimum absolute atomic E-state index is 0.0260. The summed E-state index contributed by atoms with van der Waals surface area (Å²) < 4.78 is 17.1. The average molecular weight is 634 g/mol. The normalized spacial score (nSPS) is 16.7. The Bertz CT molecular complexity index is 1280. The number of quaternary nitrogens is 1. The molecule has 0 unspecified atom stereocenters. The summed E-state index contributed by atoms with van der Waals surface area (Å²) in [6, 6.07) is 3.12. The SMILES string of the molecule is C=C(C)[C@H]1CCC(COC(C)=O)=C[C@@H]1c1c(O)cc(C(C)(C)C(=O)OCCCCCCO[N+](=O)[O-])cc1OC(=O)C[N+](C)(C)C. The molecule has 0 heterocycles. The minimum Gasteiger partial charge on any atom is -0.507 e. The Balaban J connectivity index is 2.40. The second-order valence-corrected chi connectivity index (χ2v) is 13.2. The highest BCUT2D eigenvalue weighted by molar-refractivity contribution is 5.83. The number of ether oxygens (including phenoxy) is 3. The van der Waals surface area contributed by atoms with E-state index < -0.39 is 34.3 Å². The molecule has 1 aromatic rings. The molecule has 0 aliphatic heterocycles.